The highest BCUT2D eigenvalue weighted by Crippen LogP contribution is 2.27. The topological polar surface area (TPSA) is 76.7 Å². The molecule has 0 atom stereocenters. The third-order valence-electron chi connectivity index (χ3n) is 3.20. The maximum Gasteiger partial charge on any atom is 0.251 e. The van der Waals surface area contributed by atoms with Crippen LogP contribution < -0.4 is 20.1 Å². The Morgan fingerprint density at radius 1 is 1.04 bits per heavy atom. The standard InChI is InChI=1S/C17H17FN2O4/c1-23-14-8-7-11(9-15(14)24-2)17(22)19-10-16(21)20-13-6-4-3-5-12(13)18/h3-9H,10H2,1-2H3,(H,19,22)(H,20,21). The van der Waals surface area contributed by atoms with Gasteiger partial charge in [-0.1, -0.05) is 12.1 Å². The van der Waals surface area contributed by atoms with Crippen LogP contribution in [0.2, 0.25) is 0 Å². The number of benzene rings is 2. The molecule has 0 unspecified atom stereocenters. The highest BCUT2D eigenvalue weighted by molar-refractivity contribution is 5.99. The lowest BCUT2D eigenvalue weighted by Gasteiger charge is -2.10. The monoisotopic (exact) mass is 332 g/mol. The van der Waals surface area contributed by atoms with Crippen molar-refractivity contribution in [3.8, 4) is 11.5 Å². The van der Waals surface area contributed by atoms with Gasteiger partial charge in [0.15, 0.2) is 11.5 Å². The molecule has 2 aromatic rings. The van der Waals surface area contributed by atoms with Gasteiger partial charge in [-0.2, -0.15) is 0 Å². The summed E-state index contributed by atoms with van der Waals surface area (Å²) in [5, 5.41) is 4.84. The zero-order valence-electron chi connectivity index (χ0n) is 13.3. The predicted octanol–water partition coefficient (Wildman–Crippen LogP) is 2.21. The molecule has 0 heterocycles. The van der Waals surface area contributed by atoms with Gasteiger partial charge in [0, 0.05) is 5.56 Å². The number of halogens is 1. The first-order valence-corrected chi connectivity index (χ1v) is 7.09. The van der Waals surface area contributed by atoms with E-state index >= 15 is 0 Å². The summed E-state index contributed by atoms with van der Waals surface area (Å²) < 4.78 is 23.7. The van der Waals surface area contributed by atoms with Gasteiger partial charge >= 0.3 is 0 Å². The summed E-state index contributed by atoms with van der Waals surface area (Å²) in [5.74, 6) is -0.641. The van der Waals surface area contributed by atoms with Gasteiger partial charge < -0.3 is 20.1 Å². The largest absolute Gasteiger partial charge is 0.493 e. The van der Waals surface area contributed by atoms with Gasteiger partial charge in [0.1, 0.15) is 5.82 Å². The minimum atomic E-state index is -0.544. The number of para-hydroxylation sites is 1. The van der Waals surface area contributed by atoms with Crippen LogP contribution >= 0.6 is 0 Å². The molecule has 0 spiro atoms. The molecule has 0 aliphatic rings. The van der Waals surface area contributed by atoms with Crippen molar-refractivity contribution in [3.05, 3.63) is 53.8 Å². The minimum absolute atomic E-state index is 0.0582. The Labute approximate surface area is 138 Å². The van der Waals surface area contributed by atoms with Crippen molar-refractivity contribution in [1.29, 1.82) is 0 Å². The molecule has 2 amide bonds. The van der Waals surface area contributed by atoms with E-state index in [-0.39, 0.29) is 12.2 Å². The first-order chi connectivity index (χ1) is 11.5. The number of carbonyl (C=O) groups is 2. The predicted molar refractivity (Wildman–Crippen MR) is 86.9 cm³/mol. The van der Waals surface area contributed by atoms with Crippen LogP contribution in [0.5, 0.6) is 11.5 Å². The van der Waals surface area contributed by atoms with Gasteiger partial charge in [-0.25, -0.2) is 4.39 Å². The van der Waals surface area contributed by atoms with Crippen LogP contribution in [0.25, 0.3) is 0 Å². The van der Waals surface area contributed by atoms with E-state index in [9.17, 15) is 14.0 Å². The second-order valence-electron chi connectivity index (χ2n) is 4.78. The highest BCUT2D eigenvalue weighted by atomic mass is 19.1. The summed E-state index contributed by atoms with van der Waals surface area (Å²) >= 11 is 0. The summed E-state index contributed by atoms with van der Waals surface area (Å²) in [5.41, 5.74) is 0.370. The average Bonchev–Trinajstić information content (AvgIpc) is 2.61. The van der Waals surface area contributed by atoms with E-state index in [1.165, 1.54) is 38.5 Å². The van der Waals surface area contributed by atoms with E-state index in [2.05, 4.69) is 10.6 Å². The Morgan fingerprint density at radius 3 is 2.42 bits per heavy atom. The van der Waals surface area contributed by atoms with E-state index in [0.717, 1.165) is 0 Å². The van der Waals surface area contributed by atoms with Gasteiger partial charge in [0.25, 0.3) is 5.91 Å². The van der Waals surface area contributed by atoms with Crippen LogP contribution in [0.4, 0.5) is 10.1 Å². The molecule has 0 aliphatic heterocycles. The van der Waals surface area contributed by atoms with E-state index < -0.39 is 17.6 Å². The first-order valence-electron chi connectivity index (χ1n) is 7.09. The molecular formula is C17H17FN2O4. The van der Waals surface area contributed by atoms with E-state index in [0.29, 0.717) is 17.1 Å². The van der Waals surface area contributed by atoms with Gasteiger partial charge in [0.2, 0.25) is 5.91 Å². The summed E-state index contributed by atoms with van der Waals surface area (Å²) in [6.45, 7) is -0.290. The van der Waals surface area contributed by atoms with Crippen LogP contribution in [-0.2, 0) is 4.79 Å². The lowest BCUT2D eigenvalue weighted by Crippen LogP contribution is -2.33. The second kappa shape index (κ2) is 7.96. The molecule has 126 valence electrons. The Morgan fingerprint density at radius 2 is 1.75 bits per heavy atom. The number of nitrogens with one attached hydrogen (secondary N) is 2. The fourth-order valence-corrected chi connectivity index (χ4v) is 2.00. The van der Waals surface area contributed by atoms with Gasteiger partial charge in [0.05, 0.1) is 26.5 Å². The lowest BCUT2D eigenvalue weighted by atomic mass is 10.2. The van der Waals surface area contributed by atoms with Crippen molar-refractivity contribution in [2.24, 2.45) is 0 Å². The van der Waals surface area contributed by atoms with E-state index in [4.69, 9.17) is 9.47 Å². The number of hydrogen-bond acceptors (Lipinski definition) is 4. The summed E-state index contributed by atoms with van der Waals surface area (Å²) in [6, 6.07) is 10.4. The molecule has 24 heavy (non-hydrogen) atoms. The van der Waals surface area contributed by atoms with Gasteiger partial charge in [-0.3, -0.25) is 9.59 Å². The van der Waals surface area contributed by atoms with Crippen LogP contribution in [0.3, 0.4) is 0 Å². The second-order valence-corrected chi connectivity index (χ2v) is 4.78. The molecule has 0 bridgehead atoms. The molecule has 2 rings (SSSR count). The number of ether oxygens (including phenoxy) is 2. The quantitative estimate of drug-likeness (QED) is 0.850. The third-order valence-corrected chi connectivity index (χ3v) is 3.20. The van der Waals surface area contributed by atoms with Crippen LogP contribution in [0.15, 0.2) is 42.5 Å². The first kappa shape index (κ1) is 17.3. The fourth-order valence-electron chi connectivity index (χ4n) is 2.00. The number of anilines is 1. The van der Waals surface area contributed by atoms with Crippen LogP contribution in [0.1, 0.15) is 10.4 Å². The Balaban J connectivity index is 1.95. The molecule has 0 aromatic heterocycles. The maximum atomic E-state index is 13.4. The molecule has 6 nitrogen and oxygen atoms in total. The van der Waals surface area contributed by atoms with Crippen molar-refractivity contribution in [2.45, 2.75) is 0 Å². The number of methoxy groups -OCH3 is 2. The average molecular weight is 332 g/mol. The normalized spacial score (nSPS) is 9.96. The Bertz CT molecular complexity index is 749. The molecule has 7 heteroatoms. The van der Waals surface area contributed by atoms with Crippen molar-refractivity contribution in [3.63, 3.8) is 0 Å². The zero-order chi connectivity index (χ0) is 17.5. The number of rotatable bonds is 6. The summed E-state index contributed by atoms with van der Waals surface area (Å²) in [6.07, 6.45) is 0. The molecule has 2 N–H and O–H groups in total. The smallest absolute Gasteiger partial charge is 0.251 e. The minimum Gasteiger partial charge on any atom is -0.493 e. The number of amides is 2. The van der Waals surface area contributed by atoms with Crippen molar-refractivity contribution in [2.75, 3.05) is 26.1 Å². The Kier molecular flexibility index (Phi) is 5.73. The van der Waals surface area contributed by atoms with E-state index in [1.54, 1.807) is 18.2 Å². The third kappa shape index (κ3) is 4.22. The molecular weight excluding hydrogens is 315 g/mol. The summed E-state index contributed by atoms with van der Waals surface area (Å²) in [4.78, 5) is 23.9. The van der Waals surface area contributed by atoms with Crippen molar-refractivity contribution < 1.29 is 23.5 Å². The van der Waals surface area contributed by atoms with Gasteiger partial charge in [-0.05, 0) is 30.3 Å². The number of carbonyl (C=O) groups excluding carboxylic acids is 2. The lowest BCUT2D eigenvalue weighted by molar-refractivity contribution is -0.115. The zero-order valence-corrected chi connectivity index (χ0v) is 13.3. The molecule has 0 saturated heterocycles. The van der Waals surface area contributed by atoms with Crippen LogP contribution in [0, 0.1) is 5.82 Å². The maximum absolute atomic E-state index is 13.4. The highest BCUT2D eigenvalue weighted by Gasteiger charge is 2.12. The molecule has 0 saturated carbocycles. The van der Waals surface area contributed by atoms with Crippen molar-refractivity contribution >= 4 is 17.5 Å². The molecule has 0 fully saturated rings. The molecule has 0 radical (unpaired) electrons. The number of hydrogen-bond donors (Lipinski definition) is 2. The van der Waals surface area contributed by atoms with Crippen LogP contribution in [-0.4, -0.2) is 32.6 Å². The molecule has 0 aliphatic carbocycles. The SMILES string of the molecule is COc1ccc(C(=O)NCC(=O)Nc2ccccc2F)cc1OC. The Hall–Kier alpha value is -3.09. The fraction of sp³-hybridized carbons (Fsp3) is 0.176. The van der Waals surface area contributed by atoms with Gasteiger partial charge in [-0.15, -0.1) is 0 Å². The van der Waals surface area contributed by atoms with E-state index in [1.807, 2.05) is 0 Å². The molecule has 2 aromatic carbocycles. The van der Waals surface area contributed by atoms with Crippen molar-refractivity contribution in [1.82, 2.24) is 5.32 Å². The summed E-state index contributed by atoms with van der Waals surface area (Å²) in [7, 11) is 2.95.